The van der Waals surface area contributed by atoms with E-state index in [4.69, 9.17) is 0 Å². The number of guanidine groups is 1. The average molecular weight is 463 g/mol. The van der Waals surface area contributed by atoms with Crippen LogP contribution in [0.1, 0.15) is 18.3 Å². The highest BCUT2D eigenvalue weighted by molar-refractivity contribution is 14.0. The zero-order valence-corrected chi connectivity index (χ0v) is 17.4. The number of aromatic nitrogens is 2. The topological polar surface area (TPSA) is 65.1 Å². The van der Waals surface area contributed by atoms with Crippen molar-refractivity contribution in [3.8, 4) is 0 Å². The largest absolute Gasteiger partial charge is 0.357 e. The molecule has 0 bridgehead atoms. The van der Waals surface area contributed by atoms with E-state index in [0.717, 1.165) is 48.7 Å². The van der Waals surface area contributed by atoms with E-state index in [1.165, 1.54) is 5.56 Å². The molecule has 26 heavy (non-hydrogen) atoms. The minimum absolute atomic E-state index is 0. The fourth-order valence-corrected chi connectivity index (χ4v) is 2.71. The number of nitrogens with zero attached hydrogens (tertiary/aromatic N) is 2. The fraction of sp³-hybridized carbons (Fsp3) is 0.300. The number of rotatable bonds is 7. The van der Waals surface area contributed by atoms with E-state index < -0.39 is 0 Å². The standard InChI is InChI=1S/C20H25N5.HI/c1-2-21-20(22-14-12-16-8-4-3-5-9-16)23-15-13-19-24-17-10-6-7-11-18(17)25-19;/h3-11H,2,12-15H2,1H3,(H,24,25)(H2,21,22,23);1H. The van der Waals surface area contributed by atoms with Crippen molar-refractivity contribution in [3.05, 3.63) is 66.0 Å². The second-order valence-corrected chi connectivity index (χ2v) is 5.87. The molecule has 0 unspecified atom stereocenters. The molecule has 3 N–H and O–H groups in total. The number of hydrogen-bond donors (Lipinski definition) is 3. The summed E-state index contributed by atoms with van der Waals surface area (Å²) in [6.45, 7) is 4.48. The molecule has 0 radical (unpaired) electrons. The van der Waals surface area contributed by atoms with Crippen LogP contribution in [0, 0.1) is 0 Å². The van der Waals surface area contributed by atoms with Crippen molar-refractivity contribution in [1.82, 2.24) is 20.6 Å². The first kappa shape index (κ1) is 20.2. The number of imidazole rings is 1. The zero-order chi connectivity index (χ0) is 17.3. The lowest BCUT2D eigenvalue weighted by Gasteiger charge is -2.11. The Morgan fingerprint density at radius 3 is 2.54 bits per heavy atom. The fourth-order valence-electron chi connectivity index (χ4n) is 2.71. The monoisotopic (exact) mass is 463 g/mol. The molecule has 138 valence electrons. The summed E-state index contributed by atoms with van der Waals surface area (Å²) in [5.41, 5.74) is 3.41. The van der Waals surface area contributed by atoms with Gasteiger partial charge in [0, 0.05) is 26.1 Å². The molecule has 0 amide bonds. The summed E-state index contributed by atoms with van der Waals surface area (Å²) < 4.78 is 0. The lowest BCUT2D eigenvalue weighted by Crippen LogP contribution is -2.38. The molecule has 0 fully saturated rings. The lowest BCUT2D eigenvalue weighted by molar-refractivity contribution is 0.792. The zero-order valence-electron chi connectivity index (χ0n) is 15.0. The highest BCUT2D eigenvalue weighted by Crippen LogP contribution is 2.10. The number of aromatic amines is 1. The number of hydrogen-bond acceptors (Lipinski definition) is 2. The minimum Gasteiger partial charge on any atom is -0.357 e. The van der Waals surface area contributed by atoms with Gasteiger partial charge in [-0.3, -0.25) is 4.99 Å². The van der Waals surface area contributed by atoms with E-state index in [2.05, 4.69) is 56.8 Å². The molecule has 0 atom stereocenters. The van der Waals surface area contributed by atoms with Crippen molar-refractivity contribution in [1.29, 1.82) is 0 Å². The maximum absolute atomic E-state index is 4.64. The first-order chi connectivity index (χ1) is 12.3. The molecule has 3 aromatic rings. The highest BCUT2D eigenvalue weighted by atomic mass is 127. The van der Waals surface area contributed by atoms with Crippen LogP contribution in [0.3, 0.4) is 0 Å². The molecule has 0 saturated carbocycles. The van der Waals surface area contributed by atoms with Gasteiger partial charge in [-0.05, 0) is 31.0 Å². The van der Waals surface area contributed by atoms with Gasteiger partial charge >= 0.3 is 0 Å². The number of para-hydroxylation sites is 2. The summed E-state index contributed by atoms with van der Waals surface area (Å²) >= 11 is 0. The predicted octanol–water partition coefficient (Wildman–Crippen LogP) is 3.52. The van der Waals surface area contributed by atoms with Crippen LogP contribution in [0.2, 0.25) is 0 Å². The Morgan fingerprint density at radius 2 is 1.77 bits per heavy atom. The third-order valence-electron chi connectivity index (χ3n) is 3.95. The Balaban J connectivity index is 0.00000243. The number of H-pyrrole nitrogens is 1. The number of fused-ring (bicyclic) bond motifs is 1. The van der Waals surface area contributed by atoms with Gasteiger partial charge in [0.05, 0.1) is 11.0 Å². The molecule has 0 aliphatic rings. The third kappa shape index (κ3) is 6.01. The summed E-state index contributed by atoms with van der Waals surface area (Å²) in [5.74, 6) is 1.83. The van der Waals surface area contributed by atoms with Gasteiger partial charge in [0.25, 0.3) is 0 Å². The van der Waals surface area contributed by atoms with Gasteiger partial charge in [-0.1, -0.05) is 42.5 Å². The highest BCUT2D eigenvalue weighted by Gasteiger charge is 2.02. The first-order valence-corrected chi connectivity index (χ1v) is 8.85. The van der Waals surface area contributed by atoms with E-state index in [1.54, 1.807) is 0 Å². The summed E-state index contributed by atoms with van der Waals surface area (Å²) in [7, 11) is 0. The third-order valence-corrected chi connectivity index (χ3v) is 3.95. The first-order valence-electron chi connectivity index (χ1n) is 8.85. The Bertz CT molecular complexity index is 780. The van der Waals surface area contributed by atoms with Crippen LogP contribution >= 0.6 is 24.0 Å². The summed E-state index contributed by atoms with van der Waals surface area (Å²) in [6.07, 6.45) is 1.78. The van der Waals surface area contributed by atoms with E-state index >= 15 is 0 Å². The maximum atomic E-state index is 4.64. The van der Waals surface area contributed by atoms with Gasteiger partial charge in [-0.2, -0.15) is 0 Å². The van der Waals surface area contributed by atoms with Crippen LogP contribution < -0.4 is 10.6 Å². The molecule has 0 aliphatic heterocycles. The Hall–Kier alpha value is -2.09. The SMILES string of the molecule is CCNC(=NCCc1nc2ccccc2[nH]1)NCCc1ccccc1.I. The number of benzene rings is 2. The number of aliphatic imine (C=N–C) groups is 1. The molecule has 0 spiro atoms. The van der Waals surface area contributed by atoms with Crippen molar-refractivity contribution in [3.63, 3.8) is 0 Å². The second kappa shape index (κ2) is 10.8. The van der Waals surface area contributed by atoms with Gasteiger partial charge in [-0.15, -0.1) is 24.0 Å². The molecule has 1 aromatic heterocycles. The molecule has 3 rings (SSSR count). The summed E-state index contributed by atoms with van der Waals surface area (Å²) in [4.78, 5) is 12.6. The summed E-state index contributed by atoms with van der Waals surface area (Å²) in [6, 6.07) is 18.6. The van der Waals surface area contributed by atoms with E-state index in [0.29, 0.717) is 6.54 Å². The minimum atomic E-state index is 0. The van der Waals surface area contributed by atoms with Gasteiger partial charge in [-0.25, -0.2) is 4.98 Å². The molecule has 5 nitrogen and oxygen atoms in total. The average Bonchev–Trinajstić information content (AvgIpc) is 3.05. The predicted molar refractivity (Wildman–Crippen MR) is 119 cm³/mol. The van der Waals surface area contributed by atoms with Crippen LogP contribution in [0.5, 0.6) is 0 Å². The quantitative estimate of drug-likeness (QED) is 0.286. The van der Waals surface area contributed by atoms with Crippen molar-refractivity contribution < 1.29 is 0 Å². The molecule has 1 heterocycles. The molecule has 6 heteroatoms. The van der Waals surface area contributed by atoms with Crippen LogP contribution in [-0.2, 0) is 12.8 Å². The lowest BCUT2D eigenvalue weighted by atomic mass is 10.1. The smallest absolute Gasteiger partial charge is 0.191 e. The van der Waals surface area contributed by atoms with Crippen molar-refractivity contribution in [2.75, 3.05) is 19.6 Å². The molecular formula is C20H26IN5. The van der Waals surface area contributed by atoms with Crippen LogP contribution in [0.4, 0.5) is 0 Å². The normalized spacial score (nSPS) is 11.2. The van der Waals surface area contributed by atoms with Gasteiger partial charge in [0.2, 0.25) is 0 Å². The Labute approximate surface area is 171 Å². The van der Waals surface area contributed by atoms with E-state index in [9.17, 15) is 0 Å². The Kier molecular flexibility index (Phi) is 8.40. The molecular weight excluding hydrogens is 437 g/mol. The Morgan fingerprint density at radius 1 is 1.00 bits per heavy atom. The molecule has 0 saturated heterocycles. The summed E-state index contributed by atoms with van der Waals surface area (Å²) in [5, 5.41) is 6.68. The van der Waals surface area contributed by atoms with Crippen LogP contribution in [0.25, 0.3) is 11.0 Å². The second-order valence-electron chi connectivity index (χ2n) is 5.87. The number of halogens is 1. The van der Waals surface area contributed by atoms with Crippen LogP contribution in [0.15, 0.2) is 59.6 Å². The van der Waals surface area contributed by atoms with Crippen LogP contribution in [-0.4, -0.2) is 35.6 Å². The van der Waals surface area contributed by atoms with Crippen molar-refractivity contribution in [2.45, 2.75) is 19.8 Å². The molecule has 2 aromatic carbocycles. The van der Waals surface area contributed by atoms with Gasteiger partial charge in [0.15, 0.2) is 5.96 Å². The van der Waals surface area contributed by atoms with Crippen molar-refractivity contribution in [2.24, 2.45) is 4.99 Å². The molecule has 0 aliphatic carbocycles. The maximum Gasteiger partial charge on any atom is 0.191 e. The van der Waals surface area contributed by atoms with Gasteiger partial charge < -0.3 is 15.6 Å². The number of nitrogens with one attached hydrogen (secondary N) is 3. The van der Waals surface area contributed by atoms with E-state index in [-0.39, 0.29) is 24.0 Å². The van der Waals surface area contributed by atoms with Gasteiger partial charge in [0.1, 0.15) is 5.82 Å². The van der Waals surface area contributed by atoms with Crippen molar-refractivity contribution >= 4 is 41.0 Å². The van der Waals surface area contributed by atoms with E-state index in [1.807, 2.05) is 30.3 Å².